The third-order valence-corrected chi connectivity index (χ3v) is 5.41. The van der Waals surface area contributed by atoms with Crippen molar-refractivity contribution in [3.8, 4) is 17.1 Å². The summed E-state index contributed by atoms with van der Waals surface area (Å²) in [6.45, 7) is 1.01. The number of benzene rings is 2. The molecule has 0 amide bonds. The summed E-state index contributed by atoms with van der Waals surface area (Å²) in [5.74, 6) is 2.99. The Morgan fingerprint density at radius 1 is 1.07 bits per heavy atom. The Kier molecular flexibility index (Phi) is 5.41. The average Bonchev–Trinajstić information content (AvgIpc) is 3.37. The Hall–Kier alpha value is -2.37. The molecule has 2 unspecified atom stereocenters. The summed E-state index contributed by atoms with van der Waals surface area (Å²) < 4.78 is 10.9. The van der Waals surface area contributed by atoms with Crippen LogP contribution in [0.25, 0.3) is 11.4 Å². The van der Waals surface area contributed by atoms with E-state index in [1.807, 2.05) is 0 Å². The molecule has 1 aliphatic carbocycles. The molecule has 1 heterocycles. The summed E-state index contributed by atoms with van der Waals surface area (Å²) in [6.07, 6.45) is 3.63. The standard InChI is InChI=1S/C21H22ClN3O2/c22-18-7-9-19(10-8-18)26-13-20-24-21(25-27-20)16-5-3-15(4-6-16)17-2-1-14(11-17)12-23/h3-10,14,17H,1-2,11-13,23H2. The van der Waals surface area contributed by atoms with Crippen LogP contribution >= 0.6 is 11.6 Å². The van der Waals surface area contributed by atoms with Crippen molar-refractivity contribution < 1.29 is 9.26 Å². The predicted octanol–water partition coefficient (Wildman–Crippen LogP) is 4.81. The number of halogens is 1. The Labute approximate surface area is 163 Å². The molecule has 2 aromatic carbocycles. The highest BCUT2D eigenvalue weighted by Crippen LogP contribution is 2.38. The smallest absolute Gasteiger partial charge is 0.264 e. The van der Waals surface area contributed by atoms with Crippen molar-refractivity contribution in [2.24, 2.45) is 11.7 Å². The second-order valence-electron chi connectivity index (χ2n) is 6.99. The molecule has 0 radical (unpaired) electrons. The minimum Gasteiger partial charge on any atom is -0.484 e. The quantitative estimate of drug-likeness (QED) is 0.661. The molecule has 0 saturated heterocycles. The number of aromatic nitrogens is 2. The number of nitrogens with two attached hydrogens (primary N) is 1. The molecule has 5 nitrogen and oxygen atoms in total. The molecule has 3 aromatic rings. The van der Waals surface area contributed by atoms with Gasteiger partial charge in [-0.2, -0.15) is 4.98 Å². The average molecular weight is 384 g/mol. The van der Waals surface area contributed by atoms with E-state index in [2.05, 4.69) is 34.4 Å². The summed E-state index contributed by atoms with van der Waals surface area (Å²) >= 11 is 5.87. The van der Waals surface area contributed by atoms with Gasteiger partial charge in [-0.25, -0.2) is 0 Å². The largest absolute Gasteiger partial charge is 0.484 e. The van der Waals surface area contributed by atoms with Gasteiger partial charge in [0.25, 0.3) is 5.89 Å². The van der Waals surface area contributed by atoms with Gasteiger partial charge in [0.2, 0.25) is 5.82 Å². The molecular formula is C21H22ClN3O2. The van der Waals surface area contributed by atoms with Crippen LogP contribution < -0.4 is 10.5 Å². The fourth-order valence-electron chi connectivity index (χ4n) is 3.60. The van der Waals surface area contributed by atoms with Crippen molar-refractivity contribution in [2.75, 3.05) is 6.54 Å². The zero-order valence-corrected chi connectivity index (χ0v) is 15.7. The topological polar surface area (TPSA) is 74.2 Å². The number of hydrogen-bond donors (Lipinski definition) is 1. The van der Waals surface area contributed by atoms with Gasteiger partial charge in [0.1, 0.15) is 5.75 Å². The van der Waals surface area contributed by atoms with E-state index >= 15 is 0 Å². The molecule has 1 saturated carbocycles. The normalized spacial score (nSPS) is 19.3. The van der Waals surface area contributed by atoms with Crippen LogP contribution in [0.1, 0.15) is 36.6 Å². The second kappa shape index (κ2) is 8.11. The molecule has 2 atom stereocenters. The van der Waals surface area contributed by atoms with E-state index in [9.17, 15) is 0 Å². The lowest BCUT2D eigenvalue weighted by Gasteiger charge is -2.10. The predicted molar refractivity (Wildman–Crippen MR) is 105 cm³/mol. The summed E-state index contributed by atoms with van der Waals surface area (Å²) in [5, 5.41) is 4.73. The van der Waals surface area contributed by atoms with Crippen molar-refractivity contribution in [1.29, 1.82) is 0 Å². The van der Waals surface area contributed by atoms with Crippen LogP contribution in [0.5, 0.6) is 5.75 Å². The minimum atomic E-state index is 0.218. The highest BCUT2D eigenvalue weighted by Gasteiger charge is 2.24. The summed E-state index contributed by atoms with van der Waals surface area (Å²) in [4.78, 5) is 4.42. The van der Waals surface area contributed by atoms with Crippen LogP contribution in [0.3, 0.4) is 0 Å². The van der Waals surface area contributed by atoms with Gasteiger partial charge in [-0.05, 0) is 67.5 Å². The van der Waals surface area contributed by atoms with Gasteiger partial charge in [-0.3, -0.25) is 0 Å². The van der Waals surface area contributed by atoms with Crippen LogP contribution in [0, 0.1) is 5.92 Å². The number of ether oxygens (including phenoxy) is 1. The molecule has 1 aliphatic rings. The lowest BCUT2D eigenvalue weighted by molar-refractivity contribution is 0.243. The molecule has 27 heavy (non-hydrogen) atoms. The Bertz CT molecular complexity index is 877. The number of nitrogens with zero attached hydrogens (tertiary/aromatic N) is 2. The lowest BCUT2D eigenvalue weighted by Crippen LogP contribution is -2.10. The first kappa shape index (κ1) is 18.0. The molecule has 140 valence electrons. The molecular weight excluding hydrogens is 362 g/mol. The van der Waals surface area contributed by atoms with E-state index in [0.29, 0.717) is 34.3 Å². The van der Waals surface area contributed by atoms with E-state index in [0.717, 1.165) is 12.1 Å². The molecule has 2 N–H and O–H groups in total. The number of hydrogen-bond acceptors (Lipinski definition) is 5. The molecule has 0 bridgehead atoms. The van der Waals surface area contributed by atoms with Crippen molar-refractivity contribution in [3.05, 3.63) is 65.0 Å². The zero-order valence-electron chi connectivity index (χ0n) is 15.0. The van der Waals surface area contributed by atoms with Gasteiger partial charge < -0.3 is 15.0 Å². The zero-order chi connectivity index (χ0) is 18.6. The van der Waals surface area contributed by atoms with Crippen molar-refractivity contribution in [2.45, 2.75) is 31.8 Å². The molecule has 0 spiro atoms. The Balaban J connectivity index is 1.38. The molecule has 1 aromatic heterocycles. The van der Waals surface area contributed by atoms with Gasteiger partial charge in [-0.15, -0.1) is 0 Å². The molecule has 0 aliphatic heterocycles. The van der Waals surface area contributed by atoms with Crippen LogP contribution in [0.4, 0.5) is 0 Å². The highest BCUT2D eigenvalue weighted by atomic mass is 35.5. The molecule has 1 fully saturated rings. The van der Waals surface area contributed by atoms with Gasteiger partial charge in [0.15, 0.2) is 6.61 Å². The first-order chi connectivity index (χ1) is 13.2. The fraction of sp³-hybridized carbons (Fsp3) is 0.333. The van der Waals surface area contributed by atoms with E-state index in [-0.39, 0.29) is 6.61 Å². The maximum Gasteiger partial charge on any atom is 0.264 e. The van der Waals surface area contributed by atoms with Crippen molar-refractivity contribution in [3.63, 3.8) is 0 Å². The maximum absolute atomic E-state index is 5.87. The maximum atomic E-state index is 5.87. The highest BCUT2D eigenvalue weighted by molar-refractivity contribution is 6.30. The van der Waals surface area contributed by atoms with Crippen LogP contribution in [-0.4, -0.2) is 16.7 Å². The Morgan fingerprint density at radius 3 is 2.56 bits per heavy atom. The third kappa shape index (κ3) is 4.31. The number of rotatable bonds is 6. The minimum absolute atomic E-state index is 0.218. The lowest BCUT2D eigenvalue weighted by atomic mass is 9.95. The van der Waals surface area contributed by atoms with Crippen molar-refractivity contribution in [1.82, 2.24) is 10.1 Å². The summed E-state index contributed by atoms with van der Waals surface area (Å²) in [6, 6.07) is 15.6. The summed E-state index contributed by atoms with van der Waals surface area (Å²) in [7, 11) is 0. The Morgan fingerprint density at radius 2 is 1.85 bits per heavy atom. The van der Waals surface area contributed by atoms with Gasteiger partial charge in [0, 0.05) is 10.6 Å². The van der Waals surface area contributed by atoms with Gasteiger partial charge in [0.05, 0.1) is 0 Å². The SMILES string of the molecule is NCC1CCC(c2ccc(-c3noc(COc4ccc(Cl)cc4)n3)cc2)C1. The van der Waals surface area contributed by atoms with Crippen LogP contribution in [0.15, 0.2) is 53.1 Å². The first-order valence-electron chi connectivity index (χ1n) is 9.22. The van der Waals surface area contributed by atoms with Crippen LogP contribution in [-0.2, 0) is 6.61 Å². The third-order valence-electron chi connectivity index (χ3n) is 5.16. The van der Waals surface area contributed by atoms with E-state index < -0.39 is 0 Å². The van der Waals surface area contributed by atoms with E-state index in [1.165, 1.54) is 24.8 Å². The second-order valence-corrected chi connectivity index (χ2v) is 7.42. The first-order valence-corrected chi connectivity index (χ1v) is 9.60. The van der Waals surface area contributed by atoms with E-state index in [4.69, 9.17) is 26.6 Å². The van der Waals surface area contributed by atoms with Gasteiger partial charge >= 0.3 is 0 Å². The van der Waals surface area contributed by atoms with Gasteiger partial charge in [-0.1, -0.05) is 41.0 Å². The van der Waals surface area contributed by atoms with Crippen LogP contribution in [0.2, 0.25) is 5.02 Å². The fourth-order valence-corrected chi connectivity index (χ4v) is 3.73. The van der Waals surface area contributed by atoms with Crippen molar-refractivity contribution >= 4 is 11.6 Å². The van der Waals surface area contributed by atoms with E-state index in [1.54, 1.807) is 24.3 Å². The molecule has 6 heteroatoms. The summed E-state index contributed by atoms with van der Waals surface area (Å²) in [5.41, 5.74) is 8.11. The monoisotopic (exact) mass is 383 g/mol. The molecule has 4 rings (SSSR count).